The molecule has 0 saturated heterocycles. The van der Waals surface area contributed by atoms with Crippen molar-refractivity contribution >= 4 is 11.0 Å². The molecule has 176 valence electrons. The van der Waals surface area contributed by atoms with E-state index in [1.54, 1.807) is 0 Å². The maximum absolute atomic E-state index is 6.36. The smallest absolute Gasteiger partial charge is 0.124 e. The lowest BCUT2D eigenvalue weighted by Gasteiger charge is -2.24. The summed E-state index contributed by atoms with van der Waals surface area (Å²) in [6, 6.07) is 13.8. The van der Waals surface area contributed by atoms with Crippen LogP contribution in [0.15, 0.2) is 48.7 Å². The van der Waals surface area contributed by atoms with Crippen LogP contribution in [-0.2, 0) is 0 Å². The second-order valence-corrected chi connectivity index (χ2v) is 11.1. The van der Waals surface area contributed by atoms with Gasteiger partial charge in [-0.2, -0.15) is 0 Å². The maximum atomic E-state index is 6.36. The number of imidazole rings is 2. The summed E-state index contributed by atoms with van der Waals surface area (Å²) in [6.45, 7) is 12.7. The molecule has 4 rings (SSSR count). The molecule has 6 N–H and O–H groups in total. The van der Waals surface area contributed by atoms with Crippen LogP contribution < -0.4 is 11.5 Å². The molecule has 2 aromatic carbocycles. The zero-order valence-electron chi connectivity index (χ0n) is 20.8. The van der Waals surface area contributed by atoms with E-state index in [1.807, 2.05) is 48.7 Å². The summed E-state index contributed by atoms with van der Waals surface area (Å²) in [4.78, 5) is 15.9. The first-order valence-corrected chi connectivity index (χ1v) is 11.6. The van der Waals surface area contributed by atoms with Gasteiger partial charge in [0, 0.05) is 11.1 Å². The van der Waals surface area contributed by atoms with Crippen molar-refractivity contribution in [3.63, 3.8) is 0 Å². The van der Waals surface area contributed by atoms with Crippen molar-refractivity contribution in [2.75, 3.05) is 0 Å². The van der Waals surface area contributed by atoms with Gasteiger partial charge in [-0.05, 0) is 46.7 Å². The van der Waals surface area contributed by atoms with E-state index in [-0.39, 0.29) is 22.9 Å². The van der Waals surface area contributed by atoms with Crippen LogP contribution in [0.1, 0.15) is 76.4 Å². The first-order chi connectivity index (χ1) is 15.9. The molecule has 0 aliphatic carbocycles. The molecule has 2 aromatic heterocycles. The van der Waals surface area contributed by atoms with E-state index in [0.717, 1.165) is 45.1 Å². The van der Waals surface area contributed by atoms with Crippen molar-refractivity contribution in [2.24, 2.45) is 22.3 Å². The van der Waals surface area contributed by atoms with Gasteiger partial charge in [0.1, 0.15) is 11.6 Å². The fourth-order valence-corrected chi connectivity index (χ4v) is 3.59. The van der Waals surface area contributed by atoms with E-state index in [1.165, 1.54) is 0 Å². The number of benzene rings is 2. The van der Waals surface area contributed by atoms with Gasteiger partial charge in [-0.15, -0.1) is 0 Å². The fraction of sp³-hybridized carbons (Fsp3) is 0.357. The topological polar surface area (TPSA) is 109 Å². The fourth-order valence-electron chi connectivity index (χ4n) is 3.59. The Morgan fingerprint density at radius 1 is 0.765 bits per heavy atom. The zero-order chi connectivity index (χ0) is 24.7. The lowest BCUT2D eigenvalue weighted by atomic mass is 9.87. The third-order valence-electron chi connectivity index (χ3n) is 6.10. The zero-order valence-corrected chi connectivity index (χ0v) is 20.8. The van der Waals surface area contributed by atoms with Gasteiger partial charge in [-0.3, -0.25) is 0 Å². The van der Waals surface area contributed by atoms with E-state index < -0.39 is 0 Å². The molecule has 6 heteroatoms. The third-order valence-corrected chi connectivity index (χ3v) is 6.10. The van der Waals surface area contributed by atoms with Gasteiger partial charge < -0.3 is 21.4 Å². The van der Waals surface area contributed by atoms with Crippen LogP contribution >= 0.6 is 0 Å². The molecule has 2 atom stereocenters. The number of hydrogen-bond acceptors (Lipinski definition) is 4. The van der Waals surface area contributed by atoms with Crippen molar-refractivity contribution < 1.29 is 0 Å². The van der Waals surface area contributed by atoms with E-state index in [2.05, 4.69) is 73.3 Å². The van der Waals surface area contributed by atoms with E-state index >= 15 is 0 Å². The summed E-state index contributed by atoms with van der Waals surface area (Å²) in [5.74, 6) is 8.10. The summed E-state index contributed by atoms with van der Waals surface area (Å²) >= 11 is 0. The Labute approximate surface area is 201 Å². The van der Waals surface area contributed by atoms with Crippen LogP contribution in [0.4, 0.5) is 0 Å². The molecule has 0 radical (unpaired) electrons. The summed E-state index contributed by atoms with van der Waals surface area (Å²) < 4.78 is 0. The molecular weight excluding hydrogens is 420 g/mol. The molecule has 6 nitrogen and oxygen atoms in total. The van der Waals surface area contributed by atoms with Crippen LogP contribution in [0.25, 0.3) is 22.3 Å². The van der Waals surface area contributed by atoms with Crippen LogP contribution in [0, 0.1) is 22.7 Å². The normalized spacial score (nSPS) is 14.0. The van der Waals surface area contributed by atoms with Crippen LogP contribution in [0.3, 0.4) is 0 Å². The largest absolute Gasteiger partial charge is 0.341 e. The number of aromatic amines is 2. The van der Waals surface area contributed by atoms with Gasteiger partial charge in [0.15, 0.2) is 0 Å². The van der Waals surface area contributed by atoms with E-state index in [0.29, 0.717) is 0 Å². The Morgan fingerprint density at radius 2 is 1.35 bits per heavy atom. The minimum absolute atomic E-state index is 0.0616. The van der Waals surface area contributed by atoms with Crippen molar-refractivity contribution in [3.8, 4) is 23.1 Å². The maximum Gasteiger partial charge on any atom is 0.124 e. The summed E-state index contributed by atoms with van der Waals surface area (Å²) in [5.41, 5.74) is 18.3. The second kappa shape index (κ2) is 8.75. The molecule has 0 bridgehead atoms. The molecular formula is C28H34N6. The number of nitrogens with zero attached hydrogens (tertiary/aromatic N) is 2. The average Bonchev–Trinajstić information content (AvgIpc) is 3.42. The summed E-state index contributed by atoms with van der Waals surface area (Å²) in [6.07, 6.45) is 1.83. The molecule has 0 aliphatic rings. The first-order valence-electron chi connectivity index (χ1n) is 11.6. The number of rotatable bonds is 3. The summed E-state index contributed by atoms with van der Waals surface area (Å²) in [5, 5.41) is 0. The number of aromatic nitrogens is 4. The van der Waals surface area contributed by atoms with Crippen molar-refractivity contribution in [1.82, 2.24) is 19.9 Å². The SMILES string of the molecule is CC(C)(C)[C@H](N)c1ncc(-c2ccc(C#Cc3ccc4nc([C@@H](N)C(C)(C)C)[nH]c4c3)cc2)[nH]1. The second-order valence-electron chi connectivity index (χ2n) is 11.1. The Morgan fingerprint density at radius 3 is 2.00 bits per heavy atom. The number of hydrogen-bond donors (Lipinski definition) is 4. The van der Waals surface area contributed by atoms with Gasteiger partial charge in [-0.25, -0.2) is 9.97 Å². The number of H-pyrrole nitrogens is 2. The van der Waals surface area contributed by atoms with Gasteiger partial charge >= 0.3 is 0 Å². The highest BCUT2D eigenvalue weighted by atomic mass is 15.0. The molecule has 0 spiro atoms. The highest BCUT2D eigenvalue weighted by Crippen LogP contribution is 2.31. The minimum Gasteiger partial charge on any atom is -0.341 e. The van der Waals surface area contributed by atoms with Gasteiger partial charge in [0.05, 0.1) is 35.0 Å². The first kappa shape index (κ1) is 23.7. The quantitative estimate of drug-likeness (QED) is 0.309. The van der Waals surface area contributed by atoms with Crippen LogP contribution in [0.2, 0.25) is 0 Å². The van der Waals surface area contributed by atoms with Crippen molar-refractivity contribution in [1.29, 1.82) is 0 Å². The minimum atomic E-state index is -0.164. The highest BCUT2D eigenvalue weighted by Gasteiger charge is 2.26. The monoisotopic (exact) mass is 454 g/mol. The molecule has 2 heterocycles. The van der Waals surface area contributed by atoms with Crippen molar-refractivity contribution in [3.05, 3.63) is 71.4 Å². The third kappa shape index (κ3) is 5.06. The van der Waals surface area contributed by atoms with E-state index in [4.69, 9.17) is 11.5 Å². The molecule has 34 heavy (non-hydrogen) atoms. The van der Waals surface area contributed by atoms with Gasteiger partial charge in [0.25, 0.3) is 0 Å². The van der Waals surface area contributed by atoms with E-state index in [9.17, 15) is 0 Å². The lowest BCUT2D eigenvalue weighted by Crippen LogP contribution is -2.27. The van der Waals surface area contributed by atoms with Crippen LogP contribution in [0.5, 0.6) is 0 Å². The number of nitrogens with two attached hydrogens (primary N) is 2. The molecule has 0 amide bonds. The Hall–Kier alpha value is -3.40. The van der Waals surface area contributed by atoms with Crippen molar-refractivity contribution in [2.45, 2.75) is 53.6 Å². The molecule has 0 aliphatic heterocycles. The molecule has 0 fully saturated rings. The predicted molar refractivity (Wildman–Crippen MR) is 139 cm³/mol. The standard InChI is InChI=1S/C28H34N6/c1-27(2,3)23(29)25-31-16-22(34-25)19-12-9-17(10-13-19)7-8-18-11-14-20-21(15-18)33-26(32-20)24(30)28(4,5)6/h9-16,23-24H,29-30H2,1-6H3,(H,31,34)(H,32,33)/t23-,24-/m1/s1. The Bertz CT molecular complexity index is 1350. The van der Waals surface area contributed by atoms with Crippen LogP contribution in [-0.4, -0.2) is 19.9 Å². The highest BCUT2D eigenvalue weighted by molar-refractivity contribution is 5.77. The summed E-state index contributed by atoms with van der Waals surface area (Å²) in [7, 11) is 0. The Balaban J connectivity index is 1.51. The lowest BCUT2D eigenvalue weighted by molar-refractivity contribution is 0.317. The number of fused-ring (bicyclic) bond motifs is 1. The molecule has 0 saturated carbocycles. The van der Waals surface area contributed by atoms with Gasteiger partial charge in [0.2, 0.25) is 0 Å². The Kier molecular flexibility index (Phi) is 6.11. The number of nitrogens with one attached hydrogen (secondary N) is 2. The van der Waals surface area contributed by atoms with Gasteiger partial charge in [-0.1, -0.05) is 65.5 Å². The predicted octanol–water partition coefficient (Wildman–Crippen LogP) is 5.44. The molecule has 4 aromatic rings. The molecule has 0 unspecified atom stereocenters. The average molecular weight is 455 g/mol.